The van der Waals surface area contributed by atoms with E-state index in [0.29, 0.717) is 6.04 Å². The number of hydrogen-bond acceptors (Lipinski definition) is 3. The molecule has 1 amide bonds. The first-order valence-electron chi connectivity index (χ1n) is 7.72. The first-order chi connectivity index (χ1) is 9.66. The number of carbonyl (C=O) groups excluding carboxylic acids is 1. The Bertz CT molecular complexity index is 397. The molecule has 1 aromatic heterocycles. The zero-order valence-electron chi connectivity index (χ0n) is 12.6. The molecule has 20 heavy (non-hydrogen) atoms. The maximum absolute atomic E-state index is 12.5. The van der Waals surface area contributed by atoms with Crippen LogP contribution < -0.4 is 5.32 Å². The zero-order valence-corrected chi connectivity index (χ0v) is 13.4. The second kappa shape index (κ2) is 7.79. The third kappa shape index (κ3) is 4.60. The average molecular weight is 294 g/mol. The molecule has 0 aliphatic carbocycles. The molecule has 112 valence electrons. The summed E-state index contributed by atoms with van der Waals surface area (Å²) in [5, 5.41) is 7.73. The number of amides is 1. The van der Waals surface area contributed by atoms with Gasteiger partial charge < -0.3 is 10.2 Å². The molecule has 0 bridgehead atoms. The number of nitrogens with one attached hydrogen (secondary N) is 1. The topological polar surface area (TPSA) is 32.3 Å². The highest BCUT2D eigenvalue weighted by Crippen LogP contribution is 2.12. The number of likely N-dealkylation sites (tertiary alicyclic amines) is 1. The highest BCUT2D eigenvalue weighted by molar-refractivity contribution is 7.07. The molecule has 1 aliphatic heterocycles. The van der Waals surface area contributed by atoms with Gasteiger partial charge in [0.1, 0.15) is 0 Å². The van der Waals surface area contributed by atoms with Crippen molar-refractivity contribution >= 4 is 17.2 Å². The van der Waals surface area contributed by atoms with Gasteiger partial charge in [-0.2, -0.15) is 11.3 Å². The molecule has 0 aromatic carbocycles. The Kier molecular flexibility index (Phi) is 6.05. The lowest BCUT2D eigenvalue weighted by atomic mass is 10.1. The predicted octanol–water partition coefficient (Wildman–Crippen LogP) is 3.06. The van der Waals surface area contributed by atoms with Crippen LogP contribution in [0.5, 0.6) is 0 Å². The fourth-order valence-electron chi connectivity index (χ4n) is 2.88. The Morgan fingerprint density at radius 3 is 2.60 bits per heavy atom. The van der Waals surface area contributed by atoms with Gasteiger partial charge in [-0.1, -0.05) is 12.8 Å². The van der Waals surface area contributed by atoms with E-state index in [2.05, 4.69) is 29.1 Å². The predicted molar refractivity (Wildman–Crippen MR) is 85.1 cm³/mol. The first kappa shape index (κ1) is 15.5. The molecular formula is C16H26N2OS. The van der Waals surface area contributed by atoms with E-state index in [1.807, 2.05) is 11.8 Å². The van der Waals surface area contributed by atoms with Crippen LogP contribution in [-0.4, -0.2) is 36.0 Å². The minimum absolute atomic E-state index is 0.0817. The Hall–Kier alpha value is -0.870. The van der Waals surface area contributed by atoms with Gasteiger partial charge in [-0.15, -0.1) is 0 Å². The maximum atomic E-state index is 12.5. The summed E-state index contributed by atoms with van der Waals surface area (Å²) in [6.45, 7) is 6.02. The largest absolute Gasteiger partial charge is 0.341 e. The van der Waals surface area contributed by atoms with E-state index < -0.39 is 0 Å². The van der Waals surface area contributed by atoms with Gasteiger partial charge in [0.05, 0.1) is 6.04 Å². The molecule has 1 aromatic rings. The summed E-state index contributed by atoms with van der Waals surface area (Å²) in [6, 6.07) is 2.40. The number of carbonyl (C=O) groups is 1. The lowest BCUT2D eigenvalue weighted by molar-refractivity contribution is -0.133. The molecule has 2 atom stereocenters. The lowest BCUT2D eigenvalue weighted by Gasteiger charge is -2.26. The molecule has 2 heterocycles. The van der Waals surface area contributed by atoms with Gasteiger partial charge >= 0.3 is 0 Å². The Labute approximate surface area is 126 Å². The number of hydrogen-bond donors (Lipinski definition) is 1. The van der Waals surface area contributed by atoms with Crippen molar-refractivity contribution in [1.82, 2.24) is 10.2 Å². The third-order valence-electron chi connectivity index (χ3n) is 3.94. The fourth-order valence-corrected chi connectivity index (χ4v) is 3.57. The summed E-state index contributed by atoms with van der Waals surface area (Å²) in [4.78, 5) is 14.5. The van der Waals surface area contributed by atoms with Gasteiger partial charge in [0.25, 0.3) is 0 Å². The van der Waals surface area contributed by atoms with Crippen LogP contribution in [0.2, 0.25) is 0 Å². The monoisotopic (exact) mass is 294 g/mol. The second-order valence-electron chi connectivity index (χ2n) is 5.86. The molecule has 3 nitrogen and oxygen atoms in total. The van der Waals surface area contributed by atoms with Crippen LogP contribution in [0.1, 0.15) is 45.1 Å². The molecule has 0 spiro atoms. The van der Waals surface area contributed by atoms with E-state index in [-0.39, 0.29) is 11.9 Å². The minimum atomic E-state index is -0.0817. The van der Waals surface area contributed by atoms with Gasteiger partial charge in [0.15, 0.2) is 0 Å². The van der Waals surface area contributed by atoms with Crippen LogP contribution in [0.15, 0.2) is 16.8 Å². The van der Waals surface area contributed by atoms with Crippen LogP contribution in [0.25, 0.3) is 0 Å². The average Bonchev–Trinajstić information content (AvgIpc) is 2.77. The standard InChI is InChI=1S/C16H26N2OS/c1-13(11-15-7-10-20-12-15)17-14(2)16(19)18-8-5-3-4-6-9-18/h7,10,12-14,17H,3-6,8-9,11H2,1-2H3. The zero-order chi connectivity index (χ0) is 14.4. The Balaban J connectivity index is 1.80. The third-order valence-corrected chi connectivity index (χ3v) is 4.68. The van der Waals surface area contributed by atoms with Crippen molar-refractivity contribution in [2.24, 2.45) is 0 Å². The molecule has 0 saturated carbocycles. The highest BCUT2D eigenvalue weighted by Gasteiger charge is 2.22. The van der Waals surface area contributed by atoms with Crippen LogP contribution in [0.4, 0.5) is 0 Å². The molecule has 2 unspecified atom stereocenters. The van der Waals surface area contributed by atoms with Crippen molar-refractivity contribution in [3.8, 4) is 0 Å². The molecule has 0 radical (unpaired) electrons. The quantitative estimate of drug-likeness (QED) is 0.905. The van der Waals surface area contributed by atoms with E-state index in [1.54, 1.807) is 11.3 Å². The van der Waals surface area contributed by atoms with E-state index in [4.69, 9.17) is 0 Å². The normalized spacial score (nSPS) is 19.4. The maximum Gasteiger partial charge on any atom is 0.239 e. The van der Waals surface area contributed by atoms with Gasteiger partial charge in [-0.3, -0.25) is 4.79 Å². The molecule has 1 N–H and O–H groups in total. The van der Waals surface area contributed by atoms with Crippen LogP contribution >= 0.6 is 11.3 Å². The van der Waals surface area contributed by atoms with E-state index in [9.17, 15) is 4.79 Å². The van der Waals surface area contributed by atoms with Crippen molar-refractivity contribution < 1.29 is 4.79 Å². The fraction of sp³-hybridized carbons (Fsp3) is 0.688. The number of nitrogens with zero attached hydrogens (tertiary/aromatic N) is 1. The van der Waals surface area contributed by atoms with Gasteiger partial charge in [0.2, 0.25) is 5.91 Å². The van der Waals surface area contributed by atoms with Crippen LogP contribution in [0, 0.1) is 0 Å². The van der Waals surface area contributed by atoms with Crippen LogP contribution in [0.3, 0.4) is 0 Å². The second-order valence-corrected chi connectivity index (χ2v) is 6.64. The Morgan fingerprint density at radius 1 is 1.30 bits per heavy atom. The van der Waals surface area contributed by atoms with E-state index in [0.717, 1.165) is 32.4 Å². The number of rotatable bonds is 5. The number of thiophene rings is 1. The van der Waals surface area contributed by atoms with Crippen molar-refractivity contribution in [1.29, 1.82) is 0 Å². The van der Waals surface area contributed by atoms with Crippen molar-refractivity contribution in [3.05, 3.63) is 22.4 Å². The summed E-state index contributed by atoms with van der Waals surface area (Å²) in [5.41, 5.74) is 1.35. The summed E-state index contributed by atoms with van der Waals surface area (Å²) in [7, 11) is 0. The van der Waals surface area contributed by atoms with E-state index >= 15 is 0 Å². The SMILES string of the molecule is CC(Cc1ccsc1)NC(C)C(=O)N1CCCCCC1. The van der Waals surface area contributed by atoms with Gasteiger partial charge in [0, 0.05) is 19.1 Å². The minimum Gasteiger partial charge on any atom is -0.341 e. The van der Waals surface area contributed by atoms with Gasteiger partial charge in [-0.05, 0) is 55.5 Å². The van der Waals surface area contributed by atoms with E-state index in [1.165, 1.54) is 18.4 Å². The Morgan fingerprint density at radius 2 is 2.00 bits per heavy atom. The molecule has 1 saturated heterocycles. The molecule has 2 rings (SSSR count). The first-order valence-corrected chi connectivity index (χ1v) is 8.67. The summed E-state index contributed by atoms with van der Waals surface area (Å²) < 4.78 is 0. The lowest BCUT2D eigenvalue weighted by Crippen LogP contribution is -2.48. The highest BCUT2D eigenvalue weighted by atomic mass is 32.1. The van der Waals surface area contributed by atoms with Crippen molar-refractivity contribution in [2.45, 2.75) is 58.0 Å². The van der Waals surface area contributed by atoms with Crippen LogP contribution in [-0.2, 0) is 11.2 Å². The molecule has 1 aliphatic rings. The summed E-state index contributed by atoms with van der Waals surface area (Å²) >= 11 is 1.73. The molecule has 4 heteroatoms. The van der Waals surface area contributed by atoms with Crippen molar-refractivity contribution in [3.63, 3.8) is 0 Å². The molecule has 1 fully saturated rings. The molecular weight excluding hydrogens is 268 g/mol. The summed E-state index contributed by atoms with van der Waals surface area (Å²) in [6.07, 6.45) is 5.83. The van der Waals surface area contributed by atoms with Crippen molar-refractivity contribution in [2.75, 3.05) is 13.1 Å². The summed E-state index contributed by atoms with van der Waals surface area (Å²) in [5.74, 6) is 0.268. The smallest absolute Gasteiger partial charge is 0.239 e. The van der Waals surface area contributed by atoms with Gasteiger partial charge in [-0.25, -0.2) is 0 Å².